The van der Waals surface area contributed by atoms with Crippen LogP contribution < -0.4 is 0 Å². The summed E-state index contributed by atoms with van der Waals surface area (Å²) in [4.78, 5) is 42.3. The number of ether oxygens (including phenoxy) is 2. The van der Waals surface area contributed by atoms with Gasteiger partial charge in [-0.1, -0.05) is 6.07 Å². The number of benzene rings is 1. The summed E-state index contributed by atoms with van der Waals surface area (Å²) in [6.07, 6.45) is 0.518. The molecule has 0 aliphatic rings. The summed E-state index contributed by atoms with van der Waals surface area (Å²) in [5.74, 6) is -1.83. The summed E-state index contributed by atoms with van der Waals surface area (Å²) in [7, 11) is 1.55. The Kier molecular flexibility index (Phi) is 8.29. The number of methoxy groups -OCH3 is 1. The highest BCUT2D eigenvalue weighted by atomic mass is 19.1. The third-order valence-corrected chi connectivity index (χ3v) is 4.67. The highest BCUT2D eigenvalue weighted by molar-refractivity contribution is 6.05. The van der Waals surface area contributed by atoms with Gasteiger partial charge in [0.05, 0.1) is 13.2 Å². The van der Waals surface area contributed by atoms with Gasteiger partial charge in [-0.05, 0) is 51.0 Å². The van der Waals surface area contributed by atoms with Crippen LogP contribution in [0.5, 0.6) is 0 Å². The van der Waals surface area contributed by atoms with Crippen molar-refractivity contribution < 1.29 is 28.2 Å². The number of aryl methyl sites for hydroxylation is 1. The molecule has 0 atom stereocenters. The van der Waals surface area contributed by atoms with Crippen LogP contribution in [0.15, 0.2) is 24.3 Å². The molecule has 0 bridgehead atoms. The van der Waals surface area contributed by atoms with Gasteiger partial charge >= 0.3 is 5.97 Å². The van der Waals surface area contributed by atoms with Crippen LogP contribution in [-0.2, 0) is 9.47 Å². The molecule has 1 N–H and O–H groups in total. The number of ketones is 1. The van der Waals surface area contributed by atoms with Gasteiger partial charge in [-0.15, -0.1) is 0 Å². The lowest BCUT2D eigenvalue weighted by molar-refractivity contribution is 0.0519. The van der Waals surface area contributed by atoms with E-state index in [-0.39, 0.29) is 36.7 Å². The number of carbonyl (C=O) groups is 3. The third-order valence-electron chi connectivity index (χ3n) is 4.67. The van der Waals surface area contributed by atoms with E-state index in [2.05, 4.69) is 4.98 Å². The molecule has 0 aliphatic carbocycles. The van der Waals surface area contributed by atoms with E-state index in [0.29, 0.717) is 29.8 Å². The molecule has 2 aromatic rings. The summed E-state index contributed by atoms with van der Waals surface area (Å²) >= 11 is 0. The minimum Gasteiger partial charge on any atom is -0.461 e. The van der Waals surface area contributed by atoms with Crippen molar-refractivity contribution in [3.05, 3.63) is 58.2 Å². The fourth-order valence-electron chi connectivity index (χ4n) is 3.28. The standard InChI is InChI=1S/C22H27FN2O5/c1-5-30-22(28)20-14(2)19(15(3)24-20)18(26)13-25(10-7-11-29-4)21(27)16-8-6-9-17(23)12-16/h6,8-9,12,24H,5,7,10-11,13H2,1-4H3. The molecule has 0 radical (unpaired) electrons. The van der Waals surface area contributed by atoms with Crippen molar-refractivity contribution in [2.24, 2.45) is 0 Å². The Hall–Kier alpha value is -3.00. The molecule has 0 saturated carbocycles. The third kappa shape index (κ3) is 5.54. The smallest absolute Gasteiger partial charge is 0.355 e. The lowest BCUT2D eigenvalue weighted by atomic mass is 10.0. The lowest BCUT2D eigenvalue weighted by Gasteiger charge is -2.22. The molecule has 8 heteroatoms. The van der Waals surface area contributed by atoms with Gasteiger partial charge < -0.3 is 19.4 Å². The number of aromatic nitrogens is 1. The maximum atomic E-state index is 13.6. The summed E-state index contributed by atoms with van der Waals surface area (Å²) in [6.45, 7) is 5.73. The predicted octanol–water partition coefficient (Wildman–Crippen LogP) is 3.31. The second-order valence-electron chi connectivity index (χ2n) is 6.85. The number of hydrogen-bond donors (Lipinski definition) is 1. The molecular formula is C22H27FN2O5. The van der Waals surface area contributed by atoms with E-state index in [9.17, 15) is 18.8 Å². The topological polar surface area (TPSA) is 88.7 Å². The number of rotatable bonds is 10. The fraction of sp³-hybridized carbons (Fsp3) is 0.409. The number of nitrogens with one attached hydrogen (secondary N) is 1. The van der Waals surface area contributed by atoms with Gasteiger partial charge in [-0.25, -0.2) is 9.18 Å². The largest absolute Gasteiger partial charge is 0.461 e. The zero-order valence-electron chi connectivity index (χ0n) is 17.7. The molecule has 1 aromatic heterocycles. The first-order chi connectivity index (χ1) is 14.3. The van der Waals surface area contributed by atoms with Crippen molar-refractivity contribution in [3.63, 3.8) is 0 Å². The van der Waals surface area contributed by atoms with Crippen molar-refractivity contribution in [2.75, 3.05) is 33.4 Å². The quantitative estimate of drug-likeness (QED) is 0.363. The van der Waals surface area contributed by atoms with E-state index >= 15 is 0 Å². The Labute approximate surface area is 175 Å². The maximum Gasteiger partial charge on any atom is 0.355 e. The molecule has 1 amide bonds. The Bertz CT molecular complexity index is 922. The molecule has 162 valence electrons. The van der Waals surface area contributed by atoms with Crippen LogP contribution in [0.3, 0.4) is 0 Å². The first-order valence-electron chi connectivity index (χ1n) is 9.73. The van der Waals surface area contributed by atoms with Crippen molar-refractivity contribution in [1.29, 1.82) is 0 Å². The first kappa shape index (κ1) is 23.3. The van der Waals surface area contributed by atoms with Crippen molar-refractivity contribution in [1.82, 2.24) is 9.88 Å². The Balaban J connectivity index is 2.28. The molecule has 0 aliphatic heterocycles. The molecule has 0 saturated heterocycles. The van der Waals surface area contributed by atoms with Crippen LogP contribution in [0, 0.1) is 19.7 Å². The molecule has 7 nitrogen and oxygen atoms in total. The van der Waals surface area contributed by atoms with Crippen LogP contribution in [0.25, 0.3) is 0 Å². The Morgan fingerprint density at radius 3 is 2.57 bits per heavy atom. The highest BCUT2D eigenvalue weighted by Crippen LogP contribution is 2.20. The van der Waals surface area contributed by atoms with Crippen LogP contribution >= 0.6 is 0 Å². The predicted molar refractivity (Wildman–Crippen MR) is 109 cm³/mol. The fourth-order valence-corrected chi connectivity index (χ4v) is 3.28. The Morgan fingerprint density at radius 1 is 1.20 bits per heavy atom. The number of esters is 1. The van der Waals surface area contributed by atoms with Gasteiger partial charge in [-0.2, -0.15) is 0 Å². The van der Waals surface area contributed by atoms with E-state index in [0.717, 1.165) is 6.07 Å². The first-order valence-corrected chi connectivity index (χ1v) is 9.73. The zero-order chi connectivity index (χ0) is 22.3. The van der Waals surface area contributed by atoms with E-state index in [1.165, 1.54) is 23.1 Å². The molecule has 1 heterocycles. The normalized spacial score (nSPS) is 10.7. The van der Waals surface area contributed by atoms with Crippen LogP contribution in [0.1, 0.15) is 55.8 Å². The molecule has 0 spiro atoms. The number of aromatic amines is 1. The SMILES string of the molecule is CCOC(=O)c1[nH]c(C)c(C(=O)CN(CCCOC)C(=O)c2cccc(F)c2)c1C. The summed E-state index contributed by atoms with van der Waals surface area (Å²) in [5.41, 5.74) is 1.73. The number of carbonyl (C=O) groups excluding carboxylic acids is 3. The molecule has 0 fully saturated rings. The number of Topliss-reactive ketones (excluding diaryl/α,β-unsaturated/α-hetero) is 1. The summed E-state index contributed by atoms with van der Waals surface area (Å²) in [5, 5.41) is 0. The highest BCUT2D eigenvalue weighted by Gasteiger charge is 2.26. The molecule has 1 aromatic carbocycles. The lowest BCUT2D eigenvalue weighted by Crippen LogP contribution is -2.37. The number of H-pyrrole nitrogens is 1. The van der Waals surface area contributed by atoms with Crippen LogP contribution in [0.4, 0.5) is 4.39 Å². The number of halogens is 1. The second-order valence-corrected chi connectivity index (χ2v) is 6.85. The van der Waals surface area contributed by atoms with E-state index in [4.69, 9.17) is 9.47 Å². The van der Waals surface area contributed by atoms with E-state index < -0.39 is 17.7 Å². The Morgan fingerprint density at radius 2 is 1.93 bits per heavy atom. The molecule has 0 unspecified atom stereocenters. The van der Waals surface area contributed by atoms with Gasteiger partial charge in [0, 0.05) is 37.1 Å². The van der Waals surface area contributed by atoms with Gasteiger partial charge in [0.1, 0.15) is 11.5 Å². The maximum absolute atomic E-state index is 13.6. The molecular weight excluding hydrogens is 391 g/mol. The second kappa shape index (κ2) is 10.7. The monoisotopic (exact) mass is 418 g/mol. The number of nitrogens with zero attached hydrogens (tertiary/aromatic N) is 1. The minimum atomic E-state index is -0.537. The average molecular weight is 418 g/mol. The van der Waals surface area contributed by atoms with E-state index in [1.54, 1.807) is 27.9 Å². The van der Waals surface area contributed by atoms with E-state index in [1.807, 2.05) is 0 Å². The van der Waals surface area contributed by atoms with Crippen molar-refractivity contribution >= 4 is 17.7 Å². The van der Waals surface area contributed by atoms with Gasteiger partial charge in [0.25, 0.3) is 5.91 Å². The minimum absolute atomic E-state index is 0.162. The van der Waals surface area contributed by atoms with Gasteiger partial charge in [0.2, 0.25) is 0 Å². The molecule has 2 rings (SSSR count). The van der Waals surface area contributed by atoms with Gasteiger partial charge in [-0.3, -0.25) is 9.59 Å². The van der Waals surface area contributed by atoms with Gasteiger partial charge in [0.15, 0.2) is 5.78 Å². The zero-order valence-corrected chi connectivity index (χ0v) is 17.7. The summed E-state index contributed by atoms with van der Waals surface area (Å²) in [6, 6.07) is 5.34. The van der Waals surface area contributed by atoms with Crippen molar-refractivity contribution in [3.8, 4) is 0 Å². The van der Waals surface area contributed by atoms with Crippen LogP contribution in [0.2, 0.25) is 0 Å². The van der Waals surface area contributed by atoms with Crippen LogP contribution in [-0.4, -0.2) is 61.0 Å². The molecule has 30 heavy (non-hydrogen) atoms. The van der Waals surface area contributed by atoms with Crippen molar-refractivity contribution in [2.45, 2.75) is 27.2 Å². The number of amides is 1. The number of hydrogen-bond acceptors (Lipinski definition) is 5. The average Bonchev–Trinajstić information content (AvgIpc) is 3.01. The summed E-state index contributed by atoms with van der Waals surface area (Å²) < 4.78 is 23.6.